The number of rotatable bonds is 2. The average molecular weight is 241 g/mol. The summed E-state index contributed by atoms with van der Waals surface area (Å²) >= 11 is 0. The van der Waals surface area contributed by atoms with E-state index in [0.29, 0.717) is 17.1 Å². The van der Waals surface area contributed by atoms with Gasteiger partial charge in [0.05, 0.1) is 11.4 Å². The van der Waals surface area contributed by atoms with Crippen LogP contribution in [0.15, 0.2) is 46.1 Å². The fourth-order valence-corrected chi connectivity index (χ4v) is 1.48. The molecule has 3 aromatic heterocycles. The van der Waals surface area contributed by atoms with E-state index in [9.17, 15) is 4.79 Å². The summed E-state index contributed by atoms with van der Waals surface area (Å²) in [5, 5.41) is 3.57. The molecule has 88 valence electrons. The second kappa shape index (κ2) is 4.21. The summed E-state index contributed by atoms with van der Waals surface area (Å²) in [5.41, 5.74) is 1.83. The monoisotopic (exact) mass is 241 g/mol. The van der Waals surface area contributed by atoms with Crippen LogP contribution in [-0.4, -0.2) is 25.1 Å². The van der Waals surface area contributed by atoms with E-state index < -0.39 is 5.76 Å². The minimum atomic E-state index is -0.622. The van der Waals surface area contributed by atoms with Gasteiger partial charge in [-0.2, -0.15) is 0 Å². The molecule has 0 amide bonds. The Bertz CT molecular complexity index is 719. The lowest BCUT2D eigenvalue weighted by Crippen LogP contribution is -1.96. The van der Waals surface area contributed by atoms with Crippen molar-refractivity contribution in [2.45, 2.75) is 0 Å². The van der Waals surface area contributed by atoms with Crippen molar-refractivity contribution in [3.8, 4) is 22.9 Å². The van der Waals surface area contributed by atoms with Crippen LogP contribution in [0.4, 0.5) is 0 Å². The van der Waals surface area contributed by atoms with Crippen molar-refractivity contribution in [3.63, 3.8) is 0 Å². The molecule has 0 saturated heterocycles. The lowest BCUT2D eigenvalue weighted by atomic mass is 10.2. The van der Waals surface area contributed by atoms with Gasteiger partial charge in [0.1, 0.15) is 12.0 Å². The molecular weight excluding hydrogens is 234 g/mol. The summed E-state index contributed by atoms with van der Waals surface area (Å²) in [5.74, 6) is -0.359. The first-order chi connectivity index (χ1) is 8.83. The SMILES string of the molecule is O=c1[nH]c(-c2cc(-c3ccccn3)ncn2)no1. The maximum Gasteiger partial charge on any atom is 0.439 e. The number of hydrogen-bond acceptors (Lipinski definition) is 6. The molecule has 0 fully saturated rings. The summed E-state index contributed by atoms with van der Waals surface area (Å²) in [6.07, 6.45) is 3.06. The molecule has 0 aliphatic heterocycles. The molecule has 1 N–H and O–H groups in total. The number of H-pyrrole nitrogens is 1. The number of nitrogens with zero attached hydrogens (tertiary/aromatic N) is 4. The molecular formula is C11H7N5O2. The van der Waals surface area contributed by atoms with Crippen molar-refractivity contribution in [2.24, 2.45) is 0 Å². The van der Waals surface area contributed by atoms with Gasteiger partial charge in [-0.1, -0.05) is 11.2 Å². The zero-order valence-corrected chi connectivity index (χ0v) is 9.07. The number of pyridine rings is 1. The first kappa shape index (κ1) is 10.3. The molecule has 0 aromatic carbocycles. The number of aromatic amines is 1. The second-order valence-corrected chi connectivity index (χ2v) is 3.45. The molecule has 0 atom stereocenters. The van der Waals surface area contributed by atoms with Gasteiger partial charge >= 0.3 is 5.76 Å². The highest BCUT2D eigenvalue weighted by Gasteiger charge is 2.08. The zero-order chi connectivity index (χ0) is 12.4. The molecule has 0 radical (unpaired) electrons. The van der Waals surface area contributed by atoms with Gasteiger partial charge in [-0.15, -0.1) is 0 Å². The third-order valence-corrected chi connectivity index (χ3v) is 2.28. The van der Waals surface area contributed by atoms with Gasteiger partial charge in [-0.05, 0) is 18.2 Å². The number of hydrogen-bond donors (Lipinski definition) is 1. The summed E-state index contributed by atoms with van der Waals surface area (Å²) in [6.45, 7) is 0. The van der Waals surface area contributed by atoms with Crippen LogP contribution < -0.4 is 5.76 Å². The van der Waals surface area contributed by atoms with Crippen LogP contribution in [0.25, 0.3) is 22.9 Å². The van der Waals surface area contributed by atoms with Crippen molar-refractivity contribution in [1.82, 2.24) is 25.1 Å². The fourth-order valence-electron chi connectivity index (χ4n) is 1.48. The molecule has 7 heteroatoms. The van der Waals surface area contributed by atoms with Crippen LogP contribution in [0.5, 0.6) is 0 Å². The Kier molecular flexibility index (Phi) is 2.41. The van der Waals surface area contributed by atoms with Gasteiger partial charge in [0.2, 0.25) is 5.82 Å². The van der Waals surface area contributed by atoms with Gasteiger partial charge in [-0.25, -0.2) is 14.8 Å². The van der Waals surface area contributed by atoms with Gasteiger partial charge in [0.15, 0.2) is 0 Å². The molecule has 0 unspecified atom stereocenters. The van der Waals surface area contributed by atoms with Crippen LogP contribution in [0.2, 0.25) is 0 Å². The highest BCUT2D eigenvalue weighted by atomic mass is 16.5. The Morgan fingerprint density at radius 2 is 1.94 bits per heavy atom. The standard InChI is InChI=1S/C11H7N5O2/c17-11-15-10(16-18-11)9-5-8(13-6-14-9)7-3-1-2-4-12-7/h1-6H,(H,15,16,17). The van der Waals surface area contributed by atoms with Gasteiger partial charge in [0, 0.05) is 6.20 Å². The van der Waals surface area contributed by atoms with Gasteiger partial charge in [-0.3, -0.25) is 14.5 Å². The molecule has 0 saturated carbocycles. The average Bonchev–Trinajstić information content (AvgIpc) is 2.87. The van der Waals surface area contributed by atoms with E-state index in [1.54, 1.807) is 12.3 Å². The third kappa shape index (κ3) is 1.88. The van der Waals surface area contributed by atoms with Crippen molar-refractivity contribution in [3.05, 3.63) is 47.3 Å². The van der Waals surface area contributed by atoms with E-state index in [4.69, 9.17) is 0 Å². The van der Waals surface area contributed by atoms with E-state index in [0.717, 1.165) is 0 Å². The van der Waals surface area contributed by atoms with Crippen LogP contribution >= 0.6 is 0 Å². The lowest BCUT2D eigenvalue weighted by Gasteiger charge is -2.00. The Labute approximate surface area is 101 Å². The molecule has 7 nitrogen and oxygen atoms in total. The summed E-state index contributed by atoms with van der Waals surface area (Å²) in [4.78, 5) is 25.6. The van der Waals surface area contributed by atoms with Crippen LogP contribution in [-0.2, 0) is 0 Å². The first-order valence-electron chi connectivity index (χ1n) is 5.13. The zero-order valence-electron chi connectivity index (χ0n) is 9.07. The molecule has 18 heavy (non-hydrogen) atoms. The maximum atomic E-state index is 10.9. The quantitative estimate of drug-likeness (QED) is 0.715. The maximum absolute atomic E-state index is 10.9. The van der Waals surface area contributed by atoms with E-state index in [1.807, 2.05) is 18.2 Å². The first-order valence-corrected chi connectivity index (χ1v) is 5.13. The summed E-state index contributed by atoms with van der Waals surface area (Å²) < 4.78 is 4.43. The highest BCUT2D eigenvalue weighted by Crippen LogP contribution is 2.17. The number of nitrogens with one attached hydrogen (secondary N) is 1. The van der Waals surface area contributed by atoms with Crippen molar-refractivity contribution >= 4 is 0 Å². The topological polar surface area (TPSA) is 97.6 Å². The highest BCUT2D eigenvalue weighted by molar-refractivity contribution is 5.60. The Hall–Kier alpha value is -2.83. The van der Waals surface area contributed by atoms with Crippen molar-refractivity contribution in [2.75, 3.05) is 0 Å². The predicted octanol–water partition coefficient (Wildman–Crippen LogP) is 0.882. The molecule has 0 spiro atoms. The molecule has 0 aliphatic carbocycles. The van der Waals surface area contributed by atoms with Crippen LogP contribution in [0.1, 0.15) is 0 Å². The minimum absolute atomic E-state index is 0.264. The molecule has 3 rings (SSSR count). The molecule has 3 aromatic rings. The minimum Gasteiger partial charge on any atom is -0.296 e. The second-order valence-electron chi connectivity index (χ2n) is 3.45. The predicted molar refractivity (Wildman–Crippen MR) is 61.4 cm³/mol. The van der Waals surface area contributed by atoms with E-state index in [2.05, 4.69) is 29.6 Å². The molecule has 3 heterocycles. The Morgan fingerprint density at radius 1 is 1.06 bits per heavy atom. The van der Waals surface area contributed by atoms with E-state index in [-0.39, 0.29) is 5.82 Å². The van der Waals surface area contributed by atoms with E-state index in [1.165, 1.54) is 6.33 Å². The molecule has 0 aliphatic rings. The molecule has 0 bridgehead atoms. The summed E-state index contributed by atoms with van der Waals surface area (Å²) in [7, 11) is 0. The Morgan fingerprint density at radius 3 is 2.67 bits per heavy atom. The smallest absolute Gasteiger partial charge is 0.296 e. The van der Waals surface area contributed by atoms with E-state index >= 15 is 0 Å². The third-order valence-electron chi connectivity index (χ3n) is 2.28. The van der Waals surface area contributed by atoms with Gasteiger partial charge in [0.25, 0.3) is 0 Å². The van der Waals surface area contributed by atoms with Gasteiger partial charge < -0.3 is 0 Å². The van der Waals surface area contributed by atoms with Crippen molar-refractivity contribution in [1.29, 1.82) is 0 Å². The van der Waals surface area contributed by atoms with Crippen LogP contribution in [0, 0.1) is 0 Å². The van der Waals surface area contributed by atoms with Crippen LogP contribution in [0.3, 0.4) is 0 Å². The fraction of sp³-hybridized carbons (Fsp3) is 0. The largest absolute Gasteiger partial charge is 0.439 e. The Balaban J connectivity index is 2.07. The summed E-state index contributed by atoms with van der Waals surface area (Å²) in [6, 6.07) is 7.19. The normalized spacial score (nSPS) is 10.4. The van der Waals surface area contributed by atoms with Crippen molar-refractivity contribution < 1.29 is 4.52 Å². The lowest BCUT2D eigenvalue weighted by molar-refractivity contribution is 0.387. The number of aromatic nitrogens is 5.